The first-order valence-electron chi connectivity index (χ1n) is 5.47. The minimum absolute atomic E-state index is 0.367. The molecule has 1 unspecified atom stereocenters. The van der Waals surface area contributed by atoms with Crippen LogP contribution in [-0.4, -0.2) is 35.6 Å². The summed E-state index contributed by atoms with van der Waals surface area (Å²) in [7, 11) is 0. The van der Waals surface area contributed by atoms with Crippen LogP contribution in [0.1, 0.15) is 5.56 Å². The largest absolute Gasteiger partial charge is 0.480 e. The molecule has 0 aromatic heterocycles. The van der Waals surface area contributed by atoms with E-state index in [1.165, 1.54) is 0 Å². The molecule has 0 spiro atoms. The van der Waals surface area contributed by atoms with Gasteiger partial charge in [-0.05, 0) is 18.1 Å². The zero-order valence-electron chi connectivity index (χ0n) is 9.33. The van der Waals surface area contributed by atoms with E-state index in [4.69, 9.17) is 15.6 Å². The monoisotopic (exact) mass is 253 g/mol. The molecule has 4 nitrogen and oxygen atoms in total. The van der Waals surface area contributed by atoms with Crippen molar-refractivity contribution in [2.75, 3.05) is 13.2 Å². The quantitative estimate of drug-likeness (QED) is 0.823. The fourth-order valence-corrected chi connectivity index (χ4v) is 2.72. The van der Waals surface area contributed by atoms with Crippen LogP contribution in [0.4, 0.5) is 0 Å². The van der Waals surface area contributed by atoms with E-state index in [2.05, 4.69) is 0 Å². The van der Waals surface area contributed by atoms with E-state index in [0.717, 1.165) is 23.7 Å². The molecule has 1 aromatic rings. The Morgan fingerprint density at radius 3 is 2.82 bits per heavy atom. The van der Waals surface area contributed by atoms with Crippen LogP contribution in [0.5, 0.6) is 0 Å². The fourth-order valence-electron chi connectivity index (χ4n) is 1.57. The highest BCUT2D eigenvalue weighted by atomic mass is 32.2. The highest BCUT2D eigenvalue weighted by Gasteiger charge is 2.21. The van der Waals surface area contributed by atoms with E-state index in [1.54, 1.807) is 11.8 Å². The van der Waals surface area contributed by atoms with Crippen LogP contribution in [0.25, 0.3) is 0 Å². The highest BCUT2D eigenvalue weighted by molar-refractivity contribution is 8.00. The number of ether oxygens (including phenoxy) is 1. The van der Waals surface area contributed by atoms with Crippen molar-refractivity contribution < 1.29 is 14.6 Å². The number of nitrogens with two attached hydrogens (primary N) is 1. The van der Waals surface area contributed by atoms with Gasteiger partial charge in [0.25, 0.3) is 0 Å². The summed E-state index contributed by atoms with van der Waals surface area (Å²) in [5.74, 6) is -0.961. The van der Waals surface area contributed by atoms with Crippen LogP contribution in [0.2, 0.25) is 0 Å². The van der Waals surface area contributed by atoms with Gasteiger partial charge in [0, 0.05) is 4.90 Å². The minimum Gasteiger partial charge on any atom is -0.480 e. The lowest BCUT2D eigenvalue weighted by molar-refractivity contribution is -0.138. The number of benzene rings is 1. The SMILES string of the molecule is NC(Cc1ccccc1SC1COC1)C(=O)O. The fraction of sp³-hybridized carbons (Fsp3) is 0.417. The zero-order chi connectivity index (χ0) is 12.3. The third-order valence-corrected chi connectivity index (χ3v) is 3.89. The van der Waals surface area contributed by atoms with Gasteiger partial charge in [0.05, 0.1) is 18.5 Å². The van der Waals surface area contributed by atoms with Crippen molar-refractivity contribution >= 4 is 17.7 Å². The van der Waals surface area contributed by atoms with Gasteiger partial charge in [0.1, 0.15) is 6.04 Å². The Hall–Kier alpha value is -1.04. The summed E-state index contributed by atoms with van der Waals surface area (Å²) in [6.45, 7) is 1.54. The van der Waals surface area contributed by atoms with Crippen molar-refractivity contribution in [2.45, 2.75) is 22.6 Å². The summed E-state index contributed by atoms with van der Waals surface area (Å²) in [5.41, 5.74) is 6.56. The van der Waals surface area contributed by atoms with Crippen LogP contribution in [-0.2, 0) is 16.0 Å². The van der Waals surface area contributed by atoms with Gasteiger partial charge >= 0.3 is 5.97 Å². The van der Waals surface area contributed by atoms with Gasteiger partial charge in [-0.25, -0.2) is 0 Å². The summed E-state index contributed by atoms with van der Waals surface area (Å²) >= 11 is 1.74. The van der Waals surface area contributed by atoms with Gasteiger partial charge in [-0.3, -0.25) is 4.79 Å². The van der Waals surface area contributed by atoms with E-state index in [0.29, 0.717) is 11.7 Å². The van der Waals surface area contributed by atoms with E-state index < -0.39 is 12.0 Å². The zero-order valence-corrected chi connectivity index (χ0v) is 10.2. The standard InChI is InChI=1S/C12H15NO3S/c13-10(12(14)15)5-8-3-1-2-4-11(8)17-9-6-16-7-9/h1-4,9-10H,5-7,13H2,(H,14,15). The maximum absolute atomic E-state index is 10.8. The molecule has 0 amide bonds. The summed E-state index contributed by atoms with van der Waals surface area (Å²) in [5, 5.41) is 9.31. The second-order valence-corrected chi connectivity index (χ2v) is 5.38. The molecule has 1 saturated heterocycles. The third-order valence-electron chi connectivity index (χ3n) is 2.63. The molecule has 1 aromatic carbocycles. The van der Waals surface area contributed by atoms with Crippen LogP contribution >= 0.6 is 11.8 Å². The van der Waals surface area contributed by atoms with E-state index in [1.807, 2.05) is 24.3 Å². The first-order chi connectivity index (χ1) is 8.16. The molecule has 1 aliphatic heterocycles. The number of thioether (sulfide) groups is 1. The molecule has 1 fully saturated rings. The first kappa shape index (κ1) is 12.4. The Morgan fingerprint density at radius 2 is 2.24 bits per heavy atom. The van der Waals surface area contributed by atoms with Crippen LogP contribution < -0.4 is 5.73 Å². The number of aliphatic carboxylic acids is 1. The van der Waals surface area contributed by atoms with Gasteiger partial charge < -0.3 is 15.6 Å². The molecule has 5 heteroatoms. The molecule has 3 N–H and O–H groups in total. The second kappa shape index (κ2) is 5.53. The maximum atomic E-state index is 10.8. The molecule has 17 heavy (non-hydrogen) atoms. The maximum Gasteiger partial charge on any atom is 0.320 e. The Balaban J connectivity index is 2.06. The Kier molecular flexibility index (Phi) is 4.04. The van der Waals surface area contributed by atoms with Crippen molar-refractivity contribution in [1.82, 2.24) is 0 Å². The number of carboxylic acids is 1. The molecule has 0 bridgehead atoms. The molecule has 2 rings (SSSR count). The van der Waals surface area contributed by atoms with Crippen molar-refractivity contribution in [3.05, 3.63) is 29.8 Å². The van der Waals surface area contributed by atoms with Crippen molar-refractivity contribution in [2.24, 2.45) is 5.73 Å². The van der Waals surface area contributed by atoms with Crippen molar-refractivity contribution in [1.29, 1.82) is 0 Å². The molecule has 0 radical (unpaired) electrons. The van der Waals surface area contributed by atoms with Gasteiger partial charge in [-0.15, -0.1) is 11.8 Å². The number of carbonyl (C=O) groups is 1. The number of hydrogen-bond acceptors (Lipinski definition) is 4. The smallest absolute Gasteiger partial charge is 0.320 e. The van der Waals surface area contributed by atoms with Gasteiger partial charge in [-0.2, -0.15) is 0 Å². The molecule has 1 atom stereocenters. The van der Waals surface area contributed by atoms with Crippen molar-refractivity contribution in [3.63, 3.8) is 0 Å². The summed E-state index contributed by atoms with van der Waals surface area (Å²) in [6.07, 6.45) is 0.367. The lowest BCUT2D eigenvalue weighted by atomic mass is 10.1. The normalized spacial score (nSPS) is 17.5. The lowest BCUT2D eigenvalue weighted by Crippen LogP contribution is -2.33. The number of carboxylic acid groups (broad SMARTS) is 1. The molecular formula is C12H15NO3S. The lowest BCUT2D eigenvalue weighted by Gasteiger charge is -2.26. The summed E-state index contributed by atoms with van der Waals surface area (Å²) in [4.78, 5) is 11.9. The van der Waals surface area contributed by atoms with Crippen LogP contribution in [0, 0.1) is 0 Å². The molecule has 0 aliphatic carbocycles. The average molecular weight is 253 g/mol. The van der Waals surface area contributed by atoms with Gasteiger partial charge in [0.2, 0.25) is 0 Å². The van der Waals surface area contributed by atoms with Crippen LogP contribution in [0.3, 0.4) is 0 Å². The van der Waals surface area contributed by atoms with Crippen molar-refractivity contribution in [3.8, 4) is 0 Å². The minimum atomic E-state index is -0.961. The molecular weight excluding hydrogens is 238 g/mol. The summed E-state index contributed by atoms with van der Waals surface area (Å²) in [6, 6.07) is 6.97. The molecule has 0 saturated carbocycles. The van der Waals surface area contributed by atoms with E-state index in [9.17, 15) is 4.79 Å². The number of rotatable bonds is 5. The predicted octanol–water partition coefficient (Wildman–Crippen LogP) is 1.13. The first-order valence-corrected chi connectivity index (χ1v) is 6.35. The highest BCUT2D eigenvalue weighted by Crippen LogP contribution is 2.31. The Bertz CT molecular complexity index is 406. The molecule has 92 valence electrons. The van der Waals surface area contributed by atoms with Crippen LogP contribution in [0.15, 0.2) is 29.2 Å². The third kappa shape index (κ3) is 3.21. The van der Waals surface area contributed by atoms with Gasteiger partial charge in [-0.1, -0.05) is 18.2 Å². The average Bonchev–Trinajstić information content (AvgIpc) is 2.25. The predicted molar refractivity (Wildman–Crippen MR) is 66.2 cm³/mol. The molecule has 1 heterocycles. The van der Waals surface area contributed by atoms with E-state index >= 15 is 0 Å². The Labute approximate surface area is 104 Å². The van der Waals surface area contributed by atoms with E-state index in [-0.39, 0.29) is 0 Å². The van der Waals surface area contributed by atoms with Gasteiger partial charge in [0.15, 0.2) is 0 Å². The summed E-state index contributed by atoms with van der Waals surface area (Å²) < 4.78 is 5.13. The molecule has 1 aliphatic rings. The topological polar surface area (TPSA) is 72.5 Å². The Morgan fingerprint density at radius 1 is 1.53 bits per heavy atom. The second-order valence-electron chi connectivity index (χ2n) is 4.03. The number of hydrogen-bond donors (Lipinski definition) is 2.